The number of nitrogens with zero attached hydrogens (tertiary/aromatic N) is 2. The highest BCUT2D eigenvalue weighted by Crippen LogP contribution is 2.31. The lowest BCUT2D eigenvalue weighted by Gasteiger charge is -2.35. The Bertz CT molecular complexity index is 602. The summed E-state index contributed by atoms with van der Waals surface area (Å²) in [4.78, 5) is 28.9. The average Bonchev–Trinajstić information content (AvgIpc) is 2.65. The quantitative estimate of drug-likeness (QED) is 0.853. The molecule has 0 saturated carbocycles. The Kier molecular flexibility index (Phi) is 5.38. The summed E-state index contributed by atoms with van der Waals surface area (Å²) in [6.07, 6.45) is 4.93. The molecule has 0 N–H and O–H groups in total. The molecule has 3 rings (SSSR count). The van der Waals surface area contributed by atoms with Crippen LogP contribution in [0, 0.1) is 0 Å². The predicted molar refractivity (Wildman–Crippen MR) is 93.2 cm³/mol. The third-order valence-corrected chi connectivity index (χ3v) is 5.00. The number of fused-ring (bicyclic) bond motifs is 1. The van der Waals surface area contributed by atoms with E-state index in [9.17, 15) is 9.59 Å². The van der Waals surface area contributed by atoms with E-state index in [0.717, 1.165) is 37.2 Å². The van der Waals surface area contributed by atoms with E-state index < -0.39 is 0 Å². The van der Waals surface area contributed by atoms with E-state index in [1.165, 1.54) is 6.42 Å². The second-order valence-electron chi connectivity index (χ2n) is 6.51. The third kappa shape index (κ3) is 3.55. The summed E-state index contributed by atoms with van der Waals surface area (Å²) < 4.78 is 5.58. The molecule has 2 aliphatic rings. The maximum atomic E-state index is 12.6. The molecule has 0 bridgehead atoms. The first-order valence-corrected chi connectivity index (χ1v) is 9.02. The van der Waals surface area contributed by atoms with Crippen molar-refractivity contribution in [2.24, 2.45) is 0 Å². The SMILES string of the molecule is CC[C@@H]1CCCCN1C(=O)CCC(=O)N1CCOc2ccccc21. The minimum atomic E-state index is 0.00385. The molecular formula is C19H26N2O3. The summed E-state index contributed by atoms with van der Waals surface area (Å²) in [6.45, 7) is 4.02. The number of carbonyl (C=O) groups excluding carboxylic acids is 2. The van der Waals surface area contributed by atoms with Crippen LogP contribution in [0.5, 0.6) is 5.75 Å². The fraction of sp³-hybridized carbons (Fsp3) is 0.579. The number of anilines is 1. The summed E-state index contributed by atoms with van der Waals surface area (Å²) in [5, 5.41) is 0. The number of amides is 2. The molecule has 1 aromatic rings. The lowest BCUT2D eigenvalue weighted by Crippen LogP contribution is -2.44. The van der Waals surface area contributed by atoms with Gasteiger partial charge in [0.1, 0.15) is 12.4 Å². The first-order chi connectivity index (χ1) is 11.7. The van der Waals surface area contributed by atoms with Crippen LogP contribution < -0.4 is 9.64 Å². The number of benzene rings is 1. The largest absolute Gasteiger partial charge is 0.490 e. The van der Waals surface area contributed by atoms with Gasteiger partial charge >= 0.3 is 0 Å². The standard InChI is InChI=1S/C19H26N2O3/c1-2-15-7-5-6-12-20(15)18(22)10-11-19(23)21-13-14-24-17-9-4-3-8-16(17)21/h3-4,8-9,15H,2,5-7,10-14H2,1H3/t15-/m1/s1. The van der Waals surface area contributed by atoms with Crippen LogP contribution in [0.4, 0.5) is 5.69 Å². The van der Waals surface area contributed by atoms with Gasteiger partial charge in [-0.05, 0) is 37.8 Å². The minimum Gasteiger partial charge on any atom is -0.490 e. The van der Waals surface area contributed by atoms with Gasteiger partial charge in [0, 0.05) is 25.4 Å². The zero-order valence-corrected chi connectivity index (χ0v) is 14.4. The van der Waals surface area contributed by atoms with Crippen molar-refractivity contribution in [1.29, 1.82) is 0 Å². The molecule has 0 unspecified atom stereocenters. The van der Waals surface area contributed by atoms with Crippen LogP contribution in [0.3, 0.4) is 0 Å². The molecule has 2 aliphatic heterocycles. The molecule has 24 heavy (non-hydrogen) atoms. The van der Waals surface area contributed by atoms with Crippen molar-refractivity contribution in [1.82, 2.24) is 4.90 Å². The number of rotatable bonds is 4. The van der Waals surface area contributed by atoms with Gasteiger partial charge < -0.3 is 14.5 Å². The van der Waals surface area contributed by atoms with Gasteiger partial charge in [0.15, 0.2) is 0 Å². The van der Waals surface area contributed by atoms with Crippen molar-refractivity contribution in [2.75, 3.05) is 24.6 Å². The molecule has 0 radical (unpaired) electrons. The first-order valence-electron chi connectivity index (χ1n) is 9.02. The molecule has 2 amide bonds. The zero-order valence-electron chi connectivity index (χ0n) is 14.4. The van der Waals surface area contributed by atoms with Crippen molar-refractivity contribution in [3.63, 3.8) is 0 Å². The van der Waals surface area contributed by atoms with Crippen LogP contribution >= 0.6 is 0 Å². The highest BCUT2D eigenvalue weighted by atomic mass is 16.5. The summed E-state index contributed by atoms with van der Waals surface area (Å²) in [5.74, 6) is 0.867. The monoisotopic (exact) mass is 330 g/mol. The predicted octanol–water partition coefficient (Wildman–Crippen LogP) is 2.98. The van der Waals surface area contributed by atoms with Crippen molar-refractivity contribution >= 4 is 17.5 Å². The van der Waals surface area contributed by atoms with E-state index in [4.69, 9.17) is 4.74 Å². The fourth-order valence-corrected chi connectivity index (χ4v) is 3.67. The normalized spacial score (nSPS) is 20.3. The van der Waals surface area contributed by atoms with Crippen LogP contribution in [-0.2, 0) is 9.59 Å². The van der Waals surface area contributed by atoms with Gasteiger partial charge in [-0.2, -0.15) is 0 Å². The molecule has 5 nitrogen and oxygen atoms in total. The maximum Gasteiger partial charge on any atom is 0.227 e. The van der Waals surface area contributed by atoms with E-state index in [0.29, 0.717) is 25.6 Å². The molecule has 1 atom stereocenters. The minimum absolute atomic E-state index is 0.00385. The maximum absolute atomic E-state index is 12.6. The average molecular weight is 330 g/mol. The molecule has 1 fully saturated rings. The number of likely N-dealkylation sites (tertiary alicyclic amines) is 1. The summed E-state index contributed by atoms with van der Waals surface area (Å²) in [7, 11) is 0. The third-order valence-electron chi connectivity index (χ3n) is 5.00. The number of piperidine rings is 1. The lowest BCUT2D eigenvalue weighted by molar-refractivity contribution is -0.136. The van der Waals surface area contributed by atoms with Crippen molar-refractivity contribution in [3.05, 3.63) is 24.3 Å². The number of ether oxygens (including phenoxy) is 1. The molecule has 2 heterocycles. The van der Waals surface area contributed by atoms with Gasteiger partial charge in [-0.1, -0.05) is 19.1 Å². The number of para-hydroxylation sites is 2. The Morgan fingerprint density at radius 2 is 1.92 bits per heavy atom. The van der Waals surface area contributed by atoms with E-state index in [2.05, 4.69) is 6.92 Å². The molecule has 0 spiro atoms. The van der Waals surface area contributed by atoms with Crippen LogP contribution in [-0.4, -0.2) is 42.5 Å². The summed E-state index contributed by atoms with van der Waals surface area (Å²) in [5.41, 5.74) is 0.811. The van der Waals surface area contributed by atoms with Gasteiger partial charge in [0.2, 0.25) is 11.8 Å². The van der Waals surface area contributed by atoms with Gasteiger partial charge in [0.05, 0.1) is 12.2 Å². The van der Waals surface area contributed by atoms with Crippen LogP contribution in [0.15, 0.2) is 24.3 Å². The first kappa shape index (κ1) is 16.8. The van der Waals surface area contributed by atoms with Gasteiger partial charge in [0.25, 0.3) is 0 Å². The van der Waals surface area contributed by atoms with Gasteiger partial charge in [-0.15, -0.1) is 0 Å². The second kappa shape index (κ2) is 7.69. The number of hydrogen-bond donors (Lipinski definition) is 0. The molecule has 130 valence electrons. The van der Waals surface area contributed by atoms with Crippen LogP contribution in [0.1, 0.15) is 45.4 Å². The van der Waals surface area contributed by atoms with E-state index >= 15 is 0 Å². The van der Waals surface area contributed by atoms with Crippen molar-refractivity contribution < 1.29 is 14.3 Å². The number of carbonyl (C=O) groups is 2. The molecule has 1 aromatic carbocycles. The molecule has 1 saturated heterocycles. The Balaban J connectivity index is 1.59. The highest BCUT2D eigenvalue weighted by molar-refractivity contribution is 5.97. The second-order valence-corrected chi connectivity index (χ2v) is 6.51. The molecule has 0 aliphatic carbocycles. The van der Waals surface area contributed by atoms with Crippen molar-refractivity contribution in [2.45, 2.75) is 51.5 Å². The Labute approximate surface area is 143 Å². The van der Waals surface area contributed by atoms with Gasteiger partial charge in [-0.25, -0.2) is 0 Å². The van der Waals surface area contributed by atoms with Crippen LogP contribution in [0.2, 0.25) is 0 Å². The Hall–Kier alpha value is -2.04. The molecular weight excluding hydrogens is 304 g/mol. The fourth-order valence-electron chi connectivity index (χ4n) is 3.67. The zero-order chi connectivity index (χ0) is 16.9. The Morgan fingerprint density at radius 1 is 1.12 bits per heavy atom. The van der Waals surface area contributed by atoms with Crippen LogP contribution in [0.25, 0.3) is 0 Å². The number of hydrogen-bond acceptors (Lipinski definition) is 3. The Morgan fingerprint density at radius 3 is 2.75 bits per heavy atom. The van der Waals surface area contributed by atoms with E-state index in [1.54, 1.807) is 4.90 Å². The van der Waals surface area contributed by atoms with E-state index in [-0.39, 0.29) is 18.2 Å². The lowest BCUT2D eigenvalue weighted by atomic mass is 9.99. The van der Waals surface area contributed by atoms with Gasteiger partial charge in [-0.3, -0.25) is 9.59 Å². The van der Waals surface area contributed by atoms with E-state index in [1.807, 2.05) is 29.2 Å². The molecule has 0 aromatic heterocycles. The topological polar surface area (TPSA) is 49.9 Å². The van der Waals surface area contributed by atoms with Crippen molar-refractivity contribution in [3.8, 4) is 5.75 Å². The summed E-state index contributed by atoms with van der Waals surface area (Å²) >= 11 is 0. The smallest absolute Gasteiger partial charge is 0.227 e. The molecule has 5 heteroatoms. The summed E-state index contributed by atoms with van der Waals surface area (Å²) in [6, 6.07) is 7.92. The highest BCUT2D eigenvalue weighted by Gasteiger charge is 2.27.